The third-order valence-electron chi connectivity index (χ3n) is 4.26. The van der Waals surface area contributed by atoms with Crippen molar-refractivity contribution >= 4 is 50.9 Å². The van der Waals surface area contributed by atoms with E-state index in [1.165, 1.54) is 4.90 Å². The molecule has 0 spiro atoms. The molecule has 3 rings (SSSR count). The summed E-state index contributed by atoms with van der Waals surface area (Å²) >= 11 is 9.34. The van der Waals surface area contributed by atoms with E-state index in [0.29, 0.717) is 28.3 Å². The van der Waals surface area contributed by atoms with Crippen LogP contribution in [-0.2, 0) is 4.79 Å². The van der Waals surface area contributed by atoms with Crippen molar-refractivity contribution in [2.45, 2.75) is 19.8 Å². The summed E-state index contributed by atoms with van der Waals surface area (Å²) in [7, 11) is 0. The van der Waals surface area contributed by atoms with Crippen molar-refractivity contribution in [3.8, 4) is 0 Å². The number of imide groups is 1. The molecule has 0 aliphatic carbocycles. The van der Waals surface area contributed by atoms with Crippen LogP contribution < -0.4 is 5.32 Å². The molecular formula is C19H16BrClN2O3. The molecule has 0 atom stereocenters. The minimum Gasteiger partial charge on any atom is -0.326 e. The highest BCUT2D eigenvalue weighted by Gasteiger charge is 2.35. The first-order valence-electron chi connectivity index (χ1n) is 8.09. The van der Waals surface area contributed by atoms with Crippen molar-refractivity contribution in [2.75, 3.05) is 11.9 Å². The molecule has 0 unspecified atom stereocenters. The zero-order valence-corrected chi connectivity index (χ0v) is 16.4. The highest BCUT2D eigenvalue weighted by molar-refractivity contribution is 9.10. The molecule has 7 heteroatoms. The molecule has 2 aromatic carbocycles. The molecule has 134 valence electrons. The Labute approximate surface area is 164 Å². The summed E-state index contributed by atoms with van der Waals surface area (Å²) in [5.74, 6) is -0.823. The Hall–Kier alpha value is -2.18. The lowest BCUT2D eigenvalue weighted by Gasteiger charge is -2.14. The van der Waals surface area contributed by atoms with Crippen LogP contribution in [0.25, 0.3) is 0 Å². The Morgan fingerprint density at radius 3 is 2.65 bits per heavy atom. The maximum Gasteiger partial charge on any atom is 0.261 e. The maximum absolute atomic E-state index is 12.4. The molecular weight excluding hydrogens is 420 g/mol. The van der Waals surface area contributed by atoms with E-state index in [-0.39, 0.29) is 30.7 Å². The van der Waals surface area contributed by atoms with E-state index in [4.69, 9.17) is 11.6 Å². The molecule has 26 heavy (non-hydrogen) atoms. The Bertz CT molecular complexity index is 914. The average molecular weight is 436 g/mol. The average Bonchev–Trinajstić information content (AvgIpc) is 2.83. The molecule has 2 aromatic rings. The number of amides is 3. The van der Waals surface area contributed by atoms with Crippen molar-refractivity contribution in [1.82, 2.24) is 4.90 Å². The highest BCUT2D eigenvalue weighted by atomic mass is 79.9. The van der Waals surface area contributed by atoms with Gasteiger partial charge >= 0.3 is 0 Å². The number of carbonyl (C=O) groups excluding carboxylic acids is 3. The van der Waals surface area contributed by atoms with E-state index >= 15 is 0 Å². The Balaban J connectivity index is 1.57. The highest BCUT2D eigenvalue weighted by Crippen LogP contribution is 2.26. The quantitative estimate of drug-likeness (QED) is 0.707. The number of halogens is 2. The molecule has 1 aliphatic rings. The number of fused-ring (bicyclic) bond motifs is 1. The van der Waals surface area contributed by atoms with E-state index in [1.807, 2.05) is 6.92 Å². The summed E-state index contributed by atoms with van der Waals surface area (Å²) in [6.45, 7) is 2.03. The molecule has 1 N–H and O–H groups in total. The standard InChI is InChI=1S/C19H16BrClN2O3/c1-11-15(21)4-2-5-16(11)22-17(24)6-3-9-23-18(25)13-8-7-12(20)10-14(13)19(23)26/h2,4-5,7-8,10H,3,6,9H2,1H3,(H,22,24). The third kappa shape index (κ3) is 3.66. The number of carbonyl (C=O) groups is 3. The number of anilines is 1. The topological polar surface area (TPSA) is 66.5 Å². The van der Waals surface area contributed by atoms with Crippen molar-refractivity contribution in [3.63, 3.8) is 0 Å². The van der Waals surface area contributed by atoms with Crippen molar-refractivity contribution in [2.24, 2.45) is 0 Å². The van der Waals surface area contributed by atoms with Gasteiger partial charge in [-0.2, -0.15) is 0 Å². The van der Waals surface area contributed by atoms with E-state index in [2.05, 4.69) is 21.2 Å². The lowest BCUT2D eigenvalue weighted by atomic mass is 10.1. The fraction of sp³-hybridized carbons (Fsp3) is 0.211. The second kappa shape index (κ2) is 7.60. The van der Waals surface area contributed by atoms with Gasteiger partial charge in [0.25, 0.3) is 11.8 Å². The fourth-order valence-corrected chi connectivity index (χ4v) is 3.35. The predicted molar refractivity (Wildman–Crippen MR) is 104 cm³/mol. The third-order valence-corrected chi connectivity index (χ3v) is 5.16. The second-order valence-electron chi connectivity index (χ2n) is 6.02. The summed E-state index contributed by atoms with van der Waals surface area (Å²) < 4.78 is 0.746. The van der Waals surface area contributed by atoms with E-state index in [9.17, 15) is 14.4 Å². The molecule has 1 heterocycles. The monoisotopic (exact) mass is 434 g/mol. The van der Waals surface area contributed by atoms with Gasteiger partial charge in [-0.1, -0.05) is 33.6 Å². The molecule has 0 radical (unpaired) electrons. The van der Waals surface area contributed by atoms with Crippen LogP contribution in [0.1, 0.15) is 39.1 Å². The normalized spacial score (nSPS) is 13.1. The summed E-state index contributed by atoms with van der Waals surface area (Å²) in [5, 5.41) is 3.39. The van der Waals surface area contributed by atoms with Crippen LogP contribution in [0.4, 0.5) is 5.69 Å². The molecule has 0 fully saturated rings. The van der Waals surface area contributed by atoms with Crippen LogP contribution in [-0.4, -0.2) is 29.2 Å². The number of rotatable bonds is 5. The lowest BCUT2D eigenvalue weighted by Crippen LogP contribution is -2.31. The van der Waals surface area contributed by atoms with Gasteiger partial charge in [-0.05, 0) is 49.2 Å². The Kier molecular flexibility index (Phi) is 5.44. The second-order valence-corrected chi connectivity index (χ2v) is 7.34. The van der Waals surface area contributed by atoms with Gasteiger partial charge in [-0.25, -0.2) is 0 Å². The molecule has 1 aliphatic heterocycles. The van der Waals surface area contributed by atoms with Crippen LogP contribution in [0.15, 0.2) is 40.9 Å². The minimum absolute atomic E-state index is 0.185. The van der Waals surface area contributed by atoms with Crippen molar-refractivity contribution in [1.29, 1.82) is 0 Å². The maximum atomic E-state index is 12.4. The summed E-state index contributed by atoms with van der Waals surface area (Å²) in [4.78, 5) is 38.0. The van der Waals surface area contributed by atoms with Gasteiger partial charge in [-0.3, -0.25) is 19.3 Å². The molecule has 0 saturated heterocycles. The van der Waals surface area contributed by atoms with Crippen LogP contribution in [0.2, 0.25) is 5.02 Å². The number of hydrogen-bond acceptors (Lipinski definition) is 3. The van der Waals surface area contributed by atoms with Gasteiger partial charge in [0, 0.05) is 28.1 Å². The van der Waals surface area contributed by atoms with E-state index < -0.39 is 0 Å². The van der Waals surface area contributed by atoms with Crippen molar-refractivity contribution in [3.05, 3.63) is 62.6 Å². The fourth-order valence-electron chi connectivity index (χ4n) is 2.82. The number of nitrogens with one attached hydrogen (secondary N) is 1. The van der Waals surface area contributed by atoms with Gasteiger partial charge in [0.1, 0.15) is 0 Å². The van der Waals surface area contributed by atoms with Crippen LogP contribution >= 0.6 is 27.5 Å². The number of hydrogen-bond donors (Lipinski definition) is 1. The zero-order chi connectivity index (χ0) is 18.8. The largest absolute Gasteiger partial charge is 0.326 e. The predicted octanol–water partition coefficient (Wildman–Crippen LogP) is 4.43. The van der Waals surface area contributed by atoms with Crippen LogP contribution in [0, 0.1) is 6.92 Å². The van der Waals surface area contributed by atoms with Gasteiger partial charge in [-0.15, -0.1) is 0 Å². The van der Waals surface area contributed by atoms with Gasteiger partial charge < -0.3 is 5.32 Å². The van der Waals surface area contributed by atoms with Gasteiger partial charge in [0.15, 0.2) is 0 Å². The smallest absolute Gasteiger partial charge is 0.261 e. The summed E-state index contributed by atoms with van der Waals surface area (Å²) in [6.07, 6.45) is 0.584. The van der Waals surface area contributed by atoms with E-state index in [1.54, 1.807) is 36.4 Å². The number of nitrogens with zero attached hydrogens (tertiary/aromatic N) is 1. The molecule has 3 amide bonds. The molecule has 5 nitrogen and oxygen atoms in total. The van der Waals surface area contributed by atoms with Gasteiger partial charge in [0.05, 0.1) is 11.1 Å². The first-order chi connectivity index (χ1) is 12.4. The SMILES string of the molecule is Cc1c(Cl)cccc1NC(=O)CCCN1C(=O)c2ccc(Br)cc2C1=O. The van der Waals surface area contributed by atoms with Crippen LogP contribution in [0.5, 0.6) is 0 Å². The van der Waals surface area contributed by atoms with E-state index in [0.717, 1.165) is 10.0 Å². The zero-order valence-electron chi connectivity index (χ0n) is 14.0. The Morgan fingerprint density at radius 2 is 1.88 bits per heavy atom. The first-order valence-corrected chi connectivity index (χ1v) is 9.26. The number of benzene rings is 2. The first kappa shape index (κ1) is 18.6. The lowest BCUT2D eigenvalue weighted by molar-refractivity contribution is -0.116. The summed E-state index contributed by atoms with van der Waals surface area (Å²) in [5.41, 5.74) is 2.25. The molecule has 0 aromatic heterocycles. The van der Waals surface area contributed by atoms with Gasteiger partial charge in [0.2, 0.25) is 5.91 Å². The summed E-state index contributed by atoms with van der Waals surface area (Å²) in [6, 6.07) is 10.3. The van der Waals surface area contributed by atoms with Crippen LogP contribution in [0.3, 0.4) is 0 Å². The molecule has 0 saturated carbocycles. The molecule has 0 bridgehead atoms. The Morgan fingerprint density at radius 1 is 1.15 bits per heavy atom. The van der Waals surface area contributed by atoms with Crippen molar-refractivity contribution < 1.29 is 14.4 Å². The minimum atomic E-state index is -0.322.